The molecule has 0 spiro atoms. The van der Waals surface area contributed by atoms with Gasteiger partial charge < -0.3 is 116 Å². The number of aromatic hydroxyl groups is 1. The first-order valence-corrected chi connectivity index (χ1v) is 39.5. The van der Waals surface area contributed by atoms with Crippen molar-refractivity contribution in [2.45, 2.75) is 144 Å². The fourth-order valence-corrected chi connectivity index (χ4v) is 13.7. The molecule has 0 bridgehead atoms. The summed E-state index contributed by atoms with van der Waals surface area (Å²) >= 11 is 0.779. The third kappa shape index (κ3) is 28.5. The highest BCUT2D eigenvalue weighted by Crippen LogP contribution is 2.22. The minimum Gasteiger partial charge on any atom is -0.508 e. The maximum absolute atomic E-state index is 15.3. The van der Waals surface area contributed by atoms with Crippen LogP contribution in [0.1, 0.15) is 72.8 Å². The maximum Gasteiger partial charge on any atom is 0.245 e. The molecule has 640 valence electrons. The van der Waals surface area contributed by atoms with Crippen LogP contribution in [0.25, 0.3) is 10.8 Å². The Kier molecular flexibility index (Phi) is 34.9. The molecule has 8 rings (SSSR count). The van der Waals surface area contributed by atoms with E-state index in [-0.39, 0.29) is 75.0 Å². The Morgan fingerprint density at radius 2 is 1.09 bits per heavy atom. The number of H-pyrrole nitrogens is 2. The molecule has 120 heavy (non-hydrogen) atoms. The number of nitrogens with one attached hydrogen (secondary N) is 16. The average molecular weight is 1680 g/mol. The number of aromatic nitrogens is 6. The Labute approximate surface area is 692 Å². The zero-order valence-corrected chi connectivity index (χ0v) is 66.8. The number of thioether (sulfide) groups is 1. The van der Waals surface area contributed by atoms with E-state index in [1.807, 2.05) is 12.1 Å². The number of guanidine groups is 1. The summed E-state index contributed by atoms with van der Waals surface area (Å²) in [6.45, 7) is -1.22. The largest absolute Gasteiger partial charge is 0.508 e. The van der Waals surface area contributed by atoms with Gasteiger partial charge in [0.05, 0.1) is 55.8 Å². The molecule has 41 nitrogen and oxygen atoms in total. The molecule has 0 saturated carbocycles. The monoisotopic (exact) mass is 1680 g/mol. The predicted molar refractivity (Wildman–Crippen MR) is 434 cm³/mol. The maximum atomic E-state index is 15.3. The second-order valence-corrected chi connectivity index (χ2v) is 29.4. The van der Waals surface area contributed by atoms with Crippen LogP contribution in [0.2, 0.25) is 0 Å². The van der Waals surface area contributed by atoms with Gasteiger partial charge in [-0.1, -0.05) is 91.9 Å². The summed E-state index contributed by atoms with van der Waals surface area (Å²) in [5.74, 6) is -16.5. The quantitative estimate of drug-likeness (QED) is 0.0152. The summed E-state index contributed by atoms with van der Waals surface area (Å²) < 4.78 is 1.50. The normalized spacial score (nSPS) is 21.9. The van der Waals surface area contributed by atoms with E-state index >= 15 is 19.2 Å². The van der Waals surface area contributed by atoms with E-state index in [1.54, 1.807) is 74.6 Å². The van der Waals surface area contributed by atoms with E-state index in [1.165, 1.54) is 73.5 Å². The summed E-state index contributed by atoms with van der Waals surface area (Å²) in [7, 11) is 2.77. The summed E-state index contributed by atoms with van der Waals surface area (Å²) in [4.78, 5) is 235. The van der Waals surface area contributed by atoms with Gasteiger partial charge in [-0.2, -0.15) is 0 Å². The number of amides is 15. The number of hydrogen-bond donors (Lipinski definition) is 21. The molecular weight excluding hydrogens is 1580 g/mol. The first-order chi connectivity index (χ1) is 57.4. The number of aromatic amines is 2. The molecule has 0 unspecified atom stereocenters. The Morgan fingerprint density at radius 1 is 0.550 bits per heavy atom. The molecular formula is C78H100N24O17S. The first-order valence-electron chi connectivity index (χ1n) is 38.3. The number of primary amides is 2. The molecule has 1 saturated heterocycles. The smallest absolute Gasteiger partial charge is 0.245 e. The van der Waals surface area contributed by atoms with Gasteiger partial charge in [0, 0.05) is 95.6 Å². The minimum atomic E-state index is -1.86. The van der Waals surface area contributed by atoms with E-state index in [9.17, 15) is 63.0 Å². The lowest BCUT2D eigenvalue weighted by atomic mass is 9.97. The van der Waals surface area contributed by atoms with Crippen LogP contribution in [-0.2, 0) is 117 Å². The number of carbonyl (C=O) groups excluding carboxylic acids is 15. The lowest BCUT2D eigenvalue weighted by Gasteiger charge is -2.33. The SMILES string of the molecule is CC[C@@H]1NC(=O)[C@H](Cc2ccccc2)NC(=O)CSC[C@@H](C(=O)NCC(N)=O)NC(=O)[C@H](Cc2cncn2C)NC(=O)[C@@H](CCC(N)=O)NC(=O)[C@H](Cc2c[nH]cn2)NC(=O)[C@H](Cc2ccc(O)cc2)N(C)C(=O)[C@H](CCCNC(=N)N)NC(=O)[C@H](CO)NC(=O)CNC(=O)[C@H](Cc2c[nH]cn2)NC(=O)[C@H](Cc2cccc3ccccc23)NC1=O. The fourth-order valence-electron chi connectivity index (χ4n) is 12.8. The van der Waals surface area contributed by atoms with Crippen LogP contribution < -0.4 is 86.3 Å². The van der Waals surface area contributed by atoms with Gasteiger partial charge in [0.2, 0.25) is 88.6 Å². The van der Waals surface area contributed by atoms with Crippen LogP contribution in [0.5, 0.6) is 5.75 Å². The van der Waals surface area contributed by atoms with Crippen LogP contribution in [-0.4, -0.2) is 250 Å². The molecule has 11 atom stereocenters. The number of carbonyl (C=O) groups is 15. The van der Waals surface area contributed by atoms with Gasteiger partial charge in [0.25, 0.3) is 0 Å². The van der Waals surface area contributed by atoms with Crippen LogP contribution >= 0.6 is 11.8 Å². The fraction of sp³-hybridized carbons (Fsp3) is 0.397. The topological polar surface area (TPSA) is 633 Å². The average Bonchev–Trinajstić information content (AvgIpc) is 1.04. The van der Waals surface area contributed by atoms with Gasteiger partial charge in [0.15, 0.2) is 5.96 Å². The number of imidazole rings is 3. The van der Waals surface area contributed by atoms with Crippen molar-refractivity contribution in [3.05, 3.63) is 168 Å². The molecule has 7 aromatic rings. The number of rotatable bonds is 24. The van der Waals surface area contributed by atoms with Crippen molar-refractivity contribution in [2.75, 3.05) is 44.8 Å². The van der Waals surface area contributed by atoms with Crippen molar-refractivity contribution in [3.63, 3.8) is 0 Å². The minimum absolute atomic E-state index is 0.0116. The Hall–Kier alpha value is -13.8. The molecule has 42 heteroatoms. The molecule has 4 aromatic carbocycles. The number of phenols is 1. The number of aryl methyl sites for hydroxylation is 1. The van der Waals surface area contributed by atoms with Crippen molar-refractivity contribution in [1.29, 1.82) is 5.41 Å². The Bertz CT molecular complexity index is 4740. The standard InChI is InChI=1S/C78H100N24O17S/c1-4-52-69(111)96-56(28-46-16-10-15-45-14-8-9-17-51(45)46)72(114)97-57(29-47-32-83-40-89-47)67(109)88-36-65(107)92-60(37-103)75(117)95-54(18-11-25-86-78(81)82)77(119)102(3)62(27-44-19-21-50(104)22-20-44)76(118)99-58(30-48-33-84-41-90-48)73(115)94-53(23-24-63(79)105)70(112)98-59(31-49-34-85-42-101(49)2)74(116)100-61(68(110)87-35-64(80)106)38-120-39-66(108)91-55(71(113)93-52)26-43-12-6-5-7-13-43/h5-10,12-17,19-22,32-34,40-42,52-62,103-104H,4,11,18,23-31,35-39H2,1-3H3,(H2,79,105)(H2,80,106)(H,83,89)(H,84,90)(H,87,110)(H,88,109)(H,91,108)(H,92,107)(H,93,113)(H,94,115)(H,95,117)(H,96,111)(H,97,114)(H,98,112)(H,99,118)(H,100,116)(H4,81,82,86)/t52-,53+,54-,55-,56-,57-,58-,59-,60-,61-,62-/m0/s1. The molecule has 1 aliphatic rings. The first kappa shape index (κ1) is 91.7. The highest BCUT2D eigenvalue weighted by molar-refractivity contribution is 8.00. The number of nitrogens with zero attached hydrogens (tertiary/aromatic N) is 5. The van der Waals surface area contributed by atoms with Gasteiger partial charge in [-0.3, -0.25) is 77.3 Å². The third-order valence-electron chi connectivity index (χ3n) is 19.3. The molecule has 3 aromatic heterocycles. The van der Waals surface area contributed by atoms with E-state index in [0.29, 0.717) is 27.8 Å². The predicted octanol–water partition coefficient (Wildman–Crippen LogP) is -5.45. The van der Waals surface area contributed by atoms with Crippen molar-refractivity contribution >= 4 is 117 Å². The van der Waals surface area contributed by atoms with Crippen molar-refractivity contribution in [3.8, 4) is 5.75 Å². The summed E-state index contributed by atoms with van der Waals surface area (Å²) in [6.07, 6.45) is 4.81. The lowest BCUT2D eigenvalue weighted by molar-refractivity contribution is -0.143. The summed E-state index contributed by atoms with van der Waals surface area (Å²) in [6, 6.07) is 8.55. The van der Waals surface area contributed by atoms with Crippen molar-refractivity contribution in [2.24, 2.45) is 24.2 Å². The van der Waals surface area contributed by atoms with Crippen LogP contribution in [0.3, 0.4) is 0 Å². The highest BCUT2D eigenvalue weighted by Gasteiger charge is 2.39. The van der Waals surface area contributed by atoms with Gasteiger partial charge in [0.1, 0.15) is 72.2 Å². The number of aliphatic hydroxyl groups excluding tert-OH is 1. The number of likely N-dealkylation sites (N-methyl/N-ethyl adjacent to an activating group) is 1. The summed E-state index contributed by atoms with van der Waals surface area (Å²) in [5.41, 5.74) is 18.8. The third-order valence-corrected chi connectivity index (χ3v) is 20.4. The van der Waals surface area contributed by atoms with Gasteiger partial charge in [-0.05, 0) is 65.3 Å². The van der Waals surface area contributed by atoms with E-state index < -0.39 is 211 Å². The summed E-state index contributed by atoms with van der Waals surface area (Å²) in [5, 5.41) is 63.7. The van der Waals surface area contributed by atoms with E-state index in [4.69, 9.17) is 22.6 Å². The zero-order chi connectivity index (χ0) is 87.0. The lowest BCUT2D eigenvalue weighted by Crippen LogP contribution is -2.61. The number of phenolic OH excluding ortho intramolecular Hbond substituents is 1. The zero-order valence-electron chi connectivity index (χ0n) is 66.0. The number of benzene rings is 4. The van der Waals surface area contributed by atoms with Crippen molar-refractivity contribution < 1.29 is 82.1 Å². The second kappa shape index (κ2) is 45.6. The molecule has 24 N–H and O–H groups in total. The molecule has 1 aliphatic heterocycles. The van der Waals surface area contributed by atoms with Crippen LogP contribution in [0.4, 0.5) is 0 Å². The van der Waals surface area contributed by atoms with Crippen LogP contribution in [0, 0.1) is 5.41 Å². The molecule has 0 aliphatic carbocycles. The van der Waals surface area contributed by atoms with E-state index in [0.717, 1.165) is 22.0 Å². The Balaban J connectivity index is 1.19. The van der Waals surface area contributed by atoms with Gasteiger partial charge in [-0.25, -0.2) is 15.0 Å². The number of fused-ring (bicyclic) bond motifs is 1. The molecule has 1 fully saturated rings. The van der Waals surface area contributed by atoms with Gasteiger partial charge >= 0.3 is 0 Å². The van der Waals surface area contributed by atoms with E-state index in [2.05, 4.69) is 94.0 Å². The number of aliphatic hydroxyl groups is 1. The molecule has 0 radical (unpaired) electrons. The van der Waals surface area contributed by atoms with Crippen LogP contribution in [0.15, 0.2) is 135 Å². The Morgan fingerprint density at radius 3 is 1.70 bits per heavy atom. The van der Waals surface area contributed by atoms with Crippen molar-refractivity contribution in [1.82, 2.24) is 104 Å². The number of hydrogen-bond acceptors (Lipinski definition) is 22. The molecule has 4 heterocycles. The highest BCUT2D eigenvalue weighted by atomic mass is 32.2. The van der Waals surface area contributed by atoms with Gasteiger partial charge in [-0.15, -0.1) is 11.8 Å². The number of nitrogens with two attached hydrogens (primary N) is 3. The molecule has 15 amide bonds. The second-order valence-electron chi connectivity index (χ2n) is 28.3.